The molecule has 0 saturated carbocycles. The fourth-order valence-corrected chi connectivity index (χ4v) is 4.46. The maximum Gasteiger partial charge on any atom is 0.255 e. The monoisotopic (exact) mass is 416 g/mol. The molecule has 0 fully saturated rings. The zero-order valence-electron chi connectivity index (χ0n) is 17.5. The van der Waals surface area contributed by atoms with Crippen LogP contribution in [0.25, 0.3) is 22.2 Å². The van der Waals surface area contributed by atoms with Gasteiger partial charge in [0.2, 0.25) is 0 Å². The number of aromatic nitrogens is 3. The summed E-state index contributed by atoms with van der Waals surface area (Å²) in [6.07, 6.45) is 4.50. The van der Waals surface area contributed by atoms with Gasteiger partial charge in [-0.3, -0.25) is 9.89 Å². The predicted molar refractivity (Wildman–Crippen MR) is 119 cm³/mol. The molecule has 1 aliphatic carbocycles. The molecule has 0 bridgehead atoms. The van der Waals surface area contributed by atoms with Crippen molar-refractivity contribution in [2.75, 3.05) is 14.2 Å². The Morgan fingerprint density at radius 1 is 1.16 bits per heavy atom. The van der Waals surface area contributed by atoms with E-state index in [0.29, 0.717) is 22.8 Å². The van der Waals surface area contributed by atoms with E-state index in [9.17, 15) is 4.79 Å². The molecule has 3 N–H and O–H groups in total. The van der Waals surface area contributed by atoms with E-state index in [1.807, 2.05) is 18.2 Å². The van der Waals surface area contributed by atoms with E-state index in [0.717, 1.165) is 36.0 Å². The van der Waals surface area contributed by atoms with Crippen LogP contribution in [-0.2, 0) is 6.42 Å². The summed E-state index contributed by atoms with van der Waals surface area (Å²) >= 11 is 0. The van der Waals surface area contributed by atoms with Gasteiger partial charge in [0.15, 0.2) is 0 Å². The smallest absolute Gasteiger partial charge is 0.255 e. The lowest BCUT2D eigenvalue weighted by atomic mass is 9.91. The number of hydrogen-bond donors (Lipinski definition) is 3. The topological polar surface area (TPSA) is 92.0 Å². The summed E-state index contributed by atoms with van der Waals surface area (Å²) in [5.41, 5.74) is 5.36. The van der Waals surface area contributed by atoms with Crippen molar-refractivity contribution in [3.63, 3.8) is 0 Å². The number of carbonyl (C=O) groups is 1. The fraction of sp³-hybridized carbons (Fsp3) is 0.250. The lowest BCUT2D eigenvalue weighted by Gasteiger charge is -2.24. The number of carbonyl (C=O) groups excluding carboxylic acids is 1. The van der Waals surface area contributed by atoms with Gasteiger partial charge >= 0.3 is 0 Å². The summed E-state index contributed by atoms with van der Waals surface area (Å²) in [7, 11) is 3.19. The average Bonchev–Trinajstić information content (AvgIpc) is 3.44. The molecule has 1 aliphatic rings. The van der Waals surface area contributed by atoms with E-state index in [1.54, 1.807) is 26.5 Å². The van der Waals surface area contributed by atoms with Crippen LogP contribution in [0.4, 0.5) is 0 Å². The van der Waals surface area contributed by atoms with E-state index in [4.69, 9.17) is 9.47 Å². The van der Waals surface area contributed by atoms with Gasteiger partial charge in [-0.05, 0) is 43.0 Å². The zero-order chi connectivity index (χ0) is 21.4. The molecule has 2 aromatic carbocycles. The number of H-pyrrole nitrogens is 2. The highest BCUT2D eigenvalue weighted by atomic mass is 16.5. The summed E-state index contributed by atoms with van der Waals surface area (Å²) in [5.74, 6) is 1.12. The highest BCUT2D eigenvalue weighted by Gasteiger charge is 2.27. The largest absolute Gasteiger partial charge is 0.497 e. The van der Waals surface area contributed by atoms with Gasteiger partial charge in [0.1, 0.15) is 11.5 Å². The van der Waals surface area contributed by atoms with Gasteiger partial charge < -0.3 is 19.8 Å². The minimum absolute atomic E-state index is 0.0656. The van der Waals surface area contributed by atoms with Crippen LogP contribution >= 0.6 is 0 Å². The number of amides is 1. The van der Waals surface area contributed by atoms with Crippen LogP contribution in [0.15, 0.2) is 48.7 Å². The number of benzene rings is 2. The molecule has 0 spiro atoms. The van der Waals surface area contributed by atoms with E-state index in [-0.39, 0.29) is 11.9 Å². The first-order chi connectivity index (χ1) is 15.2. The highest BCUT2D eigenvalue weighted by Crippen LogP contribution is 2.36. The van der Waals surface area contributed by atoms with Gasteiger partial charge in [-0.25, -0.2) is 0 Å². The Morgan fingerprint density at radius 2 is 2.03 bits per heavy atom. The fourth-order valence-electron chi connectivity index (χ4n) is 4.46. The van der Waals surface area contributed by atoms with Crippen LogP contribution in [0.5, 0.6) is 11.5 Å². The summed E-state index contributed by atoms with van der Waals surface area (Å²) in [6, 6.07) is 13.7. The van der Waals surface area contributed by atoms with E-state index < -0.39 is 0 Å². The van der Waals surface area contributed by atoms with Crippen molar-refractivity contribution in [3.05, 3.63) is 65.5 Å². The predicted octanol–water partition coefficient (Wildman–Crippen LogP) is 4.38. The second-order valence-electron chi connectivity index (χ2n) is 7.71. The molecule has 1 unspecified atom stereocenters. The number of rotatable bonds is 5. The minimum Gasteiger partial charge on any atom is -0.497 e. The third-order valence-electron chi connectivity index (χ3n) is 5.98. The molecule has 0 saturated heterocycles. The van der Waals surface area contributed by atoms with Crippen molar-refractivity contribution in [2.45, 2.75) is 25.3 Å². The van der Waals surface area contributed by atoms with Gasteiger partial charge in [-0.2, -0.15) is 5.10 Å². The van der Waals surface area contributed by atoms with Gasteiger partial charge in [-0.15, -0.1) is 0 Å². The molecule has 1 atom stereocenters. The van der Waals surface area contributed by atoms with E-state index in [1.165, 1.54) is 10.9 Å². The second-order valence-corrected chi connectivity index (χ2v) is 7.71. The number of ether oxygens (including phenoxy) is 2. The molecule has 5 rings (SSSR count). The van der Waals surface area contributed by atoms with E-state index in [2.05, 4.69) is 38.7 Å². The Balaban J connectivity index is 1.46. The molecule has 2 aromatic heterocycles. The average molecular weight is 416 g/mol. The van der Waals surface area contributed by atoms with Gasteiger partial charge in [0, 0.05) is 28.2 Å². The molecule has 1 amide bonds. The van der Waals surface area contributed by atoms with Crippen molar-refractivity contribution in [3.8, 4) is 22.8 Å². The number of methoxy groups -OCH3 is 2. The molecule has 7 heteroatoms. The molecule has 0 aliphatic heterocycles. The van der Waals surface area contributed by atoms with Crippen molar-refractivity contribution >= 4 is 16.8 Å². The van der Waals surface area contributed by atoms with Crippen molar-refractivity contribution in [2.24, 2.45) is 0 Å². The normalized spacial score (nSPS) is 15.5. The number of nitrogens with one attached hydrogen (secondary N) is 3. The zero-order valence-corrected chi connectivity index (χ0v) is 17.5. The van der Waals surface area contributed by atoms with Crippen molar-refractivity contribution in [1.29, 1.82) is 0 Å². The summed E-state index contributed by atoms with van der Waals surface area (Å²) < 4.78 is 10.8. The van der Waals surface area contributed by atoms with E-state index >= 15 is 0 Å². The standard InChI is InChI=1S/C24H24N4O3/c1-30-14-10-11-17(21(12-14)31-2)22-18(13-25-28-22)24(29)27-20-9-5-7-16-15-6-3-4-8-19(15)26-23(16)20/h3-4,6,8,10-13,20,26H,5,7,9H2,1-2H3,(H,25,28)(H,27,29). The van der Waals surface area contributed by atoms with Gasteiger partial charge in [-0.1, -0.05) is 18.2 Å². The number of nitrogens with zero attached hydrogens (tertiary/aromatic N) is 1. The quantitative estimate of drug-likeness (QED) is 0.450. The summed E-state index contributed by atoms with van der Waals surface area (Å²) in [6.45, 7) is 0. The molecule has 7 nitrogen and oxygen atoms in total. The minimum atomic E-state index is -0.168. The Bertz CT molecular complexity index is 1260. The Hall–Kier alpha value is -3.74. The highest BCUT2D eigenvalue weighted by molar-refractivity contribution is 6.00. The van der Waals surface area contributed by atoms with Crippen LogP contribution in [0, 0.1) is 0 Å². The molecule has 2 heterocycles. The SMILES string of the molecule is COc1ccc(-c2[nH]ncc2C(=O)NC2CCCc3c2[nH]c2ccccc32)c(OC)c1. The first kappa shape index (κ1) is 19.2. The molecular weight excluding hydrogens is 392 g/mol. The molecular formula is C24H24N4O3. The van der Waals surface area contributed by atoms with Crippen LogP contribution < -0.4 is 14.8 Å². The number of aromatic amines is 2. The maximum atomic E-state index is 13.3. The molecule has 158 valence electrons. The van der Waals surface area contributed by atoms with Crippen LogP contribution in [0.3, 0.4) is 0 Å². The van der Waals surface area contributed by atoms with Crippen LogP contribution in [0.1, 0.15) is 40.5 Å². The van der Waals surface area contributed by atoms with Crippen molar-refractivity contribution in [1.82, 2.24) is 20.5 Å². The van der Waals surface area contributed by atoms with Gasteiger partial charge in [0.25, 0.3) is 5.91 Å². The lowest BCUT2D eigenvalue weighted by Crippen LogP contribution is -2.31. The first-order valence-corrected chi connectivity index (χ1v) is 10.4. The summed E-state index contributed by atoms with van der Waals surface area (Å²) in [5, 5.41) is 11.5. The molecule has 0 radical (unpaired) electrons. The number of fused-ring (bicyclic) bond motifs is 3. The Morgan fingerprint density at radius 3 is 2.87 bits per heavy atom. The maximum absolute atomic E-state index is 13.3. The Labute approximate surface area is 179 Å². The molecule has 31 heavy (non-hydrogen) atoms. The summed E-state index contributed by atoms with van der Waals surface area (Å²) in [4.78, 5) is 16.8. The van der Waals surface area contributed by atoms with Crippen molar-refractivity contribution < 1.29 is 14.3 Å². The third-order valence-corrected chi connectivity index (χ3v) is 5.98. The third kappa shape index (κ3) is 3.32. The van der Waals surface area contributed by atoms with Crippen LogP contribution in [-0.4, -0.2) is 35.3 Å². The number of para-hydroxylation sites is 1. The number of hydrogen-bond acceptors (Lipinski definition) is 4. The van der Waals surface area contributed by atoms with Gasteiger partial charge in [0.05, 0.1) is 37.7 Å². The Kier molecular flexibility index (Phi) is 4.86. The number of aryl methyl sites for hydroxylation is 1. The molecule has 4 aromatic rings. The van der Waals surface area contributed by atoms with Crippen LogP contribution in [0.2, 0.25) is 0 Å². The lowest BCUT2D eigenvalue weighted by molar-refractivity contribution is 0.0932. The first-order valence-electron chi connectivity index (χ1n) is 10.4. The second kappa shape index (κ2) is 7.83.